The maximum absolute atomic E-state index is 5.52. The van der Waals surface area contributed by atoms with Gasteiger partial charge in [0.1, 0.15) is 0 Å². The molecule has 1 unspecified atom stereocenters. The molecule has 0 fully saturated rings. The summed E-state index contributed by atoms with van der Waals surface area (Å²) >= 11 is 0. The highest BCUT2D eigenvalue weighted by atomic mass is 16.5. The van der Waals surface area contributed by atoms with Gasteiger partial charge in [-0.2, -0.15) is 0 Å². The molecule has 1 N–H and O–H groups in total. The van der Waals surface area contributed by atoms with E-state index in [1.807, 2.05) is 13.8 Å². The van der Waals surface area contributed by atoms with Gasteiger partial charge in [0, 0.05) is 23.7 Å². The van der Waals surface area contributed by atoms with Crippen LogP contribution < -0.4 is 0 Å². The third-order valence-electron chi connectivity index (χ3n) is 3.35. The SMILES string of the molecule is CC.COC1CCCc2c1[nH]c1ccccc21. The van der Waals surface area contributed by atoms with E-state index >= 15 is 0 Å². The van der Waals surface area contributed by atoms with Gasteiger partial charge in [-0.05, 0) is 30.9 Å². The largest absolute Gasteiger partial charge is 0.375 e. The predicted molar refractivity (Wildman–Crippen MR) is 72.3 cm³/mol. The van der Waals surface area contributed by atoms with E-state index < -0.39 is 0 Å². The van der Waals surface area contributed by atoms with E-state index in [-0.39, 0.29) is 6.10 Å². The molecule has 1 aliphatic carbocycles. The Balaban J connectivity index is 0.000000514. The van der Waals surface area contributed by atoms with Crippen molar-refractivity contribution in [2.75, 3.05) is 7.11 Å². The van der Waals surface area contributed by atoms with Crippen LogP contribution in [0.2, 0.25) is 0 Å². The second kappa shape index (κ2) is 5.37. The Bertz CT molecular complexity index is 487. The summed E-state index contributed by atoms with van der Waals surface area (Å²) in [4.78, 5) is 3.49. The number of fused-ring (bicyclic) bond motifs is 3. The molecule has 1 atom stereocenters. The van der Waals surface area contributed by atoms with Crippen LogP contribution in [0.25, 0.3) is 10.9 Å². The Kier molecular flexibility index (Phi) is 3.85. The molecule has 0 saturated carbocycles. The van der Waals surface area contributed by atoms with Gasteiger partial charge in [-0.1, -0.05) is 32.0 Å². The highest BCUT2D eigenvalue weighted by Crippen LogP contribution is 2.35. The van der Waals surface area contributed by atoms with Crippen molar-refractivity contribution in [3.05, 3.63) is 35.5 Å². The Morgan fingerprint density at radius 3 is 2.76 bits per heavy atom. The molecule has 0 amide bonds. The molecule has 1 aliphatic rings. The maximum Gasteiger partial charge on any atom is 0.0971 e. The second-order valence-electron chi connectivity index (χ2n) is 4.18. The van der Waals surface area contributed by atoms with E-state index in [1.165, 1.54) is 35.0 Å². The minimum absolute atomic E-state index is 0.265. The highest BCUT2D eigenvalue weighted by Gasteiger charge is 2.23. The van der Waals surface area contributed by atoms with E-state index in [9.17, 15) is 0 Å². The number of nitrogens with one attached hydrogen (secondary N) is 1. The molecule has 2 nitrogen and oxygen atoms in total. The van der Waals surface area contributed by atoms with Crippen LogP contribution >= 0.6 is 0 Å². The molecule has 3 rings (SSSR count). The first-order valence-corrected chi connectivity index (χ1v) is 6.52. The molecule has 1 aromatic carbocycles. The number of hydrogen-bond donors (Lipinski definition) is 1. The highest BCUT2D eigenvalue weighted by molar-refractivity contribution is 5.85. The number of para-hydroxylation sites is 1. The normalized spacial score (nSPS) is 18.4. The van der Waals surface area contributed by atoms with Crippen molar-refractivity contribution in [2.45, 2.75) is 39.2 Å². The van der Waals surface area contributed by atoms with Crippen LogP contribution in [-0.4, -0.2) is 12.1 Å². The lowest BCUT2D eigenvalue weighted by molar-refractivity contribution is 0.0852. The van der Waals surface area contributed by atoms with Gasteiger partial charge < -0.3 is 9.72 Å². The van der Waals surface area contributed by atoms with Crippen LogP contribution in [0.4, 0.5) is 0 Å². The summed E-state index contributed by atoms with van der Waals surface area (Å²) in [6, 6.07) is 8.52. The number of hydrogen-bond acceptors (Lipinski definition) is 1. The van der Waals surface area contributed by atoms with Gasteiger partial charge in [0.15, 0.2) is 0 Å². The fourth-order valence-electron chi connectivity index (χ4n) is 2.61. The van der Waals surface area contributed by atoms with Gasteiger partial charge in [0.2, 0.25) is 0 Å². The van der Waals surface area contributed by atoms with E-state index in [0.29, 0.717) is 0 Å². The first kappa shape index (κ1) is 12.2. The molecule has 17 heavy (non-hydrogen) atoms. The van der Waals surface area contributed by atoms with Crippen molar-refractivity contribution >= 4 is 10.9 Å². The third kappa shape index (κ3) is 2.09. The fraction of sp³-hybridized carbons (Fsp3) is 0.467. The summed E-state index contributed by atoms with van der Waals surface area (Å²) < 4.78 is 5.52. The number of aromatic nitrogens is 1. The first-order chi connectivity index (χ1) is 8.40. The molecule has 0 bridgehead atoms. The van der Waals surface area contributed by atoms with Gasteiger partial charge in [0.05, 0.1) is 6.10 Å². The van der Waals surface area contributed by atoms with Crippen molar-refractivity contribution in [3.63, 3.8) is 0 Å². The van der Waals surface area contributed by atoms with Crippen molar-refractivity contribution in [1.29, 1.82) is 0 Å². The zero-order valence-electron chi connectivity index (χ0n) is 10.9. The molecular formula is C15H21NO. The molecule has 2 aromatic rings. The Morgan fingerprint density at radius 1 is 1.24 bits per heavy atom. The third-order valence-corrected chi connectivity index (χ3v) is 3.35. The zero-order valence-corrected chi connectivity index (χ0v) is 10.9. The monoisotopic (exact) mass is 231 g/mol. The smallest absolute Gasteiger partial charge is 0.0971 e. The molecule has 1 aromatic heterocycles. The number of ether oxygens (including phenoxy) is 1. The summed E-state index contributed by atoms with van der Waals surface area (Å²) in [6.07, 6.45) is 3.81. The van der Waals surface area contributed by atoms with E-state index in [0.717, 1.165) is 6.42 Å². The van der Waals surface area contributed by atoms with Gasteiger partial charge in [0.25, 0.3) is 0 Å². The number of aryl methyl sites for hydroxylation is 1. The molecule has 0 spiro atoms. The van der Waals surface area contributed by atoms with Gasteiger partial charge >= 0.3 is 0 Å². The average molecular weight is 231 g/mol. The van der Waals surface area contributed by atoms with Crippen LogP contribution in [-0.2, 0) is 11.2 Å². The Hall–Kier alpha value is -1.28. The van der Waals surface area contributed by atoms with Crippen molar-refractivity contribution in [3.8, 4) is 0 Å². The van der Waals surface area contributed by atoms with Gasteiger partial charge in [-0.25, -0.2) is 0 Å². The van der Waals surface area contributed by atoms with E-state index in [2.05, 4.69) is 29.2 Å². The zero-order chi connectivity index (χ0) is 12.3. The molecule has 1 heterocycles. The number of benzene rings is 1. The van der Waals surface area contributed by atoms with Crippen LogP contribution in [0.5, 0.6) is 0 Å². The number of aromatic amines is 1. The van der Waals surface area contributed by atoms with Crippen molar-refractivity contribution in [2.24, 2.45) is 0 Å². The minimum atomic E-state index is 0.265. The predicted octanol–water partition coefficient (Wildman–Crippen LogP) is 4.22. The fourth-order valence-corrected chi connectivity index (χ4v) is 2.61. The standard InChI is InChI=1S/C13H15NO.C2H6/c1-15-12-8-4-6-10-9-5-2-3-7-11(9)14-13(10)12;1-2/h2-3,5,7,12,14H,4,6,8H2,1H3;1-2H3. The molecular weight excluding hydrogens is 210 g/mol. The Labute approximate surface area is 103 Å². The summed E-state index contributed by atoms with van der Waals surface area (Å²) in [6.45, 7) is 4.00. The second-order valence-corrected chi connectivity index (χ2v) is 4.18. The van der Waals surface area contributed by atoms with E-state index in [1.54, 1.807) is 7.11 Å². The van der Waals surface area contributed by atoms with Crippen LogP contribution in [0.1, 0.15) is 44.1 Å². The van der Waals surface area contributed by atoms with Crippen LogP contribution in [0, 0.1) is 0 Å². The van der Waals surface area contributed by atoms with Gasteiger partial charge in [-0.15, -0.1) is 0 Å². The van der Waals surface area contributed by atoms with Gasteiger partial charge in [-0.3, -0.25) is 0 Å². The van der Waals surface area contributed by atoms with E-state index in [4.69, 9.17) is 4.74 Å². The Morgan fingerprint density at radius 2 is 2.00 bits per heavy atom. The molecule has 0 radical (unpaired) electrons. The molecule has 92 valence electrons. The van der Waals surface area contributed by atoms with Crippen LogP contribution in [0.3, 0.4) is 0 Å². The first-order valence-electron chi connectivity index (χ1n) is 6.52. The molecule has 0 aliphatic heterocycles. The summed E-state index contributed by atoms with van der Waals surface area (Å²) in [7, 11) is 1.80. The molecule has 0 saturated heterocycles. The summed E-state index contributed by atoms with van der Waals surface area (Å²) in [5.41, 5.74) is 4.00. The number of H-pyrrole nitrogens is 1. The minimum Gasteiger partial charge on any atom is -0.375 e. The summed E-state index contributed by atoms with van der Waals surface area (Å²) in [5.74, 6) is 0. The lowest BCUT2D eigenvalue weighted by Gasteiger charge is -2.20. The lowest BCUT2D eigenvalue weighted by atomic mass is 9.93. The number of methoxy groups -OCH3 is 1. The lowest BCUT2D eigenvalue weighted by Crippen LogP contribution is -2.10. The van der Waals surface area contributed by atoms with Crippen LogP contribution in [0.15, 0.2) is 24.3 Å². The average Bonchev–Trinajstić information content (AvgIpc) is 2.79. The van der Waals surface area contributed by atoms with Crippen molar-refractivity contribution in [1.82, 2.24) is 4.98 Å². The van der Waals surface area contributed by atoms with Crippen molar-refractivity contribution < 1.29 is 4.74 Å². The maximum atomic E-state index is 5.52. The molecule has 2 heteroatoms. The topological polar surface area (TPSA) is 25.0 Å². The quantitative estimate of drug-likeness (QED) is 0.781. The number of rotatable bonds is 1. The summed E-state index contributed by atoms with van der Waals surface area (Å²) in [5, 5.41) is 1.37.